The summed E-state index contributed by atoms with van der Waals surface area (Å²) in [6.45, 7) is 0. The summed E-state index contributed by atoms with van der Waals surface area (Å²) < 4.78 is 51.1. The molecule has 1 N–H and O–H groups in total. The lowest BCUT2D eigenvalue weighted by Crippen LogP contribution is -2.15. The van der Waals surface area contributed by atoms with Crippen LogP contribution in [0.5, 0.6) is 0 Å². The molecular formula is C17H13F4NO. The maximum absolute atomic E-state index is 13.5. The van der Waals surface area contributed by atoms with E-state index in [0.717, 1.165) is 12.1 Å². The highest BCUT2D eigenvalue weighted by Gasteiger charge is 2.44. The van der Waals surface area contributed by atoms with Gasteiger partial charge in [-0.25, -0.2) is 4.39 Å². The number of alkyl halides is 3. The molecule has 1 aliphatic carbocycles. The van der Waals surface area contributed by atoms with Gasteiger partial charge in [0.05, 0.1) is 11.3 Å². The molecule has 1 saturated carbocycles. The lowest BCUT2D eigenvalue weighted by molar-refractivity contribution is -0.137. The lowest BCUT2D eigenvalue weighted by atomic mass is 10.1. The van der Waals surface area contributed by atoms with Gasteiger partial charge in [0.2, 0.25) is 5.91 Å². The Morgan fingerprint density at radius 3 is 2.30 bits per heavy atom. The average Bonchev–Trinajstić information content (AvgIpc) is 3.29. The van der Waals surface area contributed by atoms with Gasteiger partial charge in [0.15, 0.2) is 0 Å². The zero-order chi connectivity index (χ0) is 16.6. The lowest BCUT2D eigenvalue weighted by Gasteiger charge is -2.08. The zero-order valence-electron chi connectivity index (χ0n) is 11.9. The van der Waals surface area contributed by atoms with Crippen molar-refractivity contribution in [1.82, 2.24) is 0 Å². The minimum Gasteiger partial charge on any atom is -0.323 e. The van der Waals surface area contributed by atoms with Crippen LogP contribution >= 0.6 is 0 Å². The molecule has 1 fully saturated rings. The highest BCUT2D eigenvalue weighted by atomic mass is 19.4. The van der Waals surface area contributed by atoms with Crippen molar-refractivity contribution in [3.05, 3.63) is 65.5 Å². The predicted molar refractivity (Wildman–Crippen MR) is 77.3 cm³/mol. The fourth-order valence-electron chi connectivity index (χ4n) is 2.56. The summed E-state index contributed by atoms with van der Waals surface area (Å²) in [4.78, 5) is 12.1. The molecule has 0 spiro atoms. The number of hydrogen-bond donors (Lipinski definition) is 1. The third-order valence-corrected chi connectivity index (χ3v) is 3.93. The van der Waals surface area contributed by atoms with Gasteiger partial charge in [-0.3, -0.25) is 4.79 Å². The van der Waals surface area contributed by atoms with Gasteiger partial charge in [-0.1, -0.05) is 24.3 Å². The molecule has 2 aromatic carbocycles. The number of carbonyl (C=O) groups excluding carboxylic acids is 1. The van der Waals surface area contributed by atoms with Gasteiger partial charge in [0.25, 0.3) is 0 Å². The van der Waals surface area contributed by atoms with Crippen LogP contribution in [-0.4, -0.2) is 5.91 Å². The minimum absolute atomic E-state index is 0.107. The van der Waals surface area contributed by atoms with Crippen molar-refractivity contribution in [2.45, 2.75) is 18.5 Å². The van der Waals surface area contributed by atoms with E-state index in [1.165, 1.54) is 30.3 Å². The van der Waals surface area contributed by atoms with Crippen LogP contribution in [0.3, 0.4) is 0 Å². The van der Waals surface area contributed by atoms with Gasteiger partial charge in [0, 0.05) is 5.92 Å². The number of carbonyl (C=O) groups is 1. The van der Waals surface area contributed by atoms with E-state index in [4.69, 9.17) is 0 Å². The molecule has 2 atom stereocenters. The molecule has 0 aromatic heterocycles. The molecule has 6 heteroatoms. The standard InChI is InChI=1S/C17H13F4NO/c18-14-3-1-2-4-15(14)22-16(23)13-9-12(13)10-5-7-11(8-6-10)17(19,20)21/h1-8,12-13H,9H2,(H,22,23). The predicted octanol–water partition coefficient (Wildman–Crippen LogP) is 4.59. The number of halogens is 4. The molecule has 1 amide bonds. The van der Waals surface area contributed by atoms with Crippen LogP contribution in [0.1, 0.15) is 23.5 Å². The molecule has 120 valence electrons. The Bertz CT molecular complexity index is 724. The summed E-state index contributed by atoms with van der Waals surface area (Å²) in [5.41, 5.74) is 0.0801. The summed E-state index contributed by atoms with van der Waals surface area (Å²) in [6.07, 6.45) is -3.82. The van der Waals surface area contributed by atoms with Gasteiger partial charge in [-0.15, -0.1) is 0 Å². The van der Waals surface area contributed by atoms with Crippen molar-refractivity contribution in [1.29, 1.82) is 0 Å². The quantitative estimate of drug-likeness (QED) is 0.823. The van der Waals surface area contributed by atoms with E-state index in [1.54, 1.807) is 6.07 Å². The number of amides is 1. The number of anilines is 1. The van der Waals surface area contributed by atoms with Crippen LogP contribution in [0.4, 0.5) is 23.2 Å². The first kappa shape index (κ1) is 15.5. The summed E-state index contributed by atoms with van der Waals surface area (Å²) in [6, 6.07) is 10.7. The Balaban J connectivity index is 1.65. The van der Waals surface area contributed by atoms with E-state index in [2.05, 4.69) is 5.32 Å². The van der Waals surface area contributed by atoms with Gasteiger partial charge in [-0.05, 0) is 42.2 Å². The minimum atomic E-state index is -4.37. The molecular weight excluding hydrogens is 310 g/mol. The third-order valence-electron chi connectivity index (χ3n) is 3.93. The molecule has 0 saturated heterocycles. The molecule has 3 rings (SSSR count). The van der Waals surface area contributed by atoms with E-state index in [9.17, 15) is 22.4 Å². The Labute approximate surface area is 130 Å². The topological polar surface area (TPSA) is 29.1 Å². The maximum Gasteiger partial charge on any atom is 0.416 e. The first-order valence-electron chi connectivity index (χ1n) is 7.09. The summed E-state index contributed by atoms with van der Waals surface area (Å²) in [7, 11) is 0. The van der Waals surface area contributed by atoms with Crippen molar-refractivity contribution in [3.8, 4) is 0 Å². The van der Waals surface area contributed by atoms with Gasteiger partial charge >= 0.3 is 6.18 Å². The second-order valence-corrected chi connectivity index (χ2v) is 5.54. The molecule has 0 radical (unpaired) electrons. The van der Waals surface area contributed by atoms with Crippen LogP contribution in [0, 0.1) is 11.7 Å². The van der Waals surface area contributed by atoms with Crippen LogP contribution in [0.25, 0.3) is 0 Å². The monoisotopic (exact) mass is 323 g/mol. The van der Waals surface area contributed by atoms with Crippen molar-refractivity contribution in [3.63, 3.8) is 0 Å². The highest BCUT2D eigenvalue weighted by Crippen LogP contribution is 2.48. The highest BCUT2D eigenvalue weighted by molar-refractivity contribution is 5.95. The smallest absolute Gasteiger partial charge is 0.323 e. The molecule has 23 heavy (non-hydrogen) atoms. The Morgan fingerprint density at radius 2 is 1.70 bits per heavy atom. The van der Waals surface area contributed by atoms with E-state index in [-0.39, 0.29) is 23.4 Å². The first-order chi connectivity index (χ1) is 10.9. The molecule has 1 aliphatic rings. The van der Waals surface area contributed by atoms with E-state index in [1.807, 2.05) is 0 Å². The fraction of sp³-hybridized carbons (Fsp3) is 0.235. The number of benzene rings is 2. The molecule has 2 nitrogen and oxygen atoms in total. The third kappa shape index (κ3) is 3.36. The van der Waals surface area contributed by atoms with Crippen LogP contribution < -0.4 is 5.32 Å². The number of hydrogen-bond acceptors (Lipinski definition) is 1. The van der Waals surface area contributed by atoms with E-state index < -0.39 is 17.6 Å². The Hall–Kier alpha value is -2.37. The average molecular weight is 323 g/mol. The van der Waals surface area contributed by atoms with Gasteiger partial charge < -0.3 is 5.32 Å². The zero-order valence-corrected chi connectivity index (χ0v) is 11.9. The normalized spacial score (nSPS) is 20.2. The van der Waals surface area contributed by atoms with Crippen LogP contribution in [0.2, 0.25) is 0 Å². The summed E-state index contributed by atoms with van der Waals surface area (Å²) in [5, 5.41) is 2.51. The molecule has 0 heterocycles. The SMILES string of the molecule is O=C(Nc1ccccc1F)C1CC1c1ccc(C(F)(F)F)cc1. The Kier molecular flexibility index (Phi) is 3.83. The summed E-state index contributed by atoms with van der Waals surface area (Å²) in [5.74, 6) is -1.30. The second-order valence-electron chi connectivity index (χ2n) is 5.54. The van der Waals surface area contributed by atoms with Gasteiger partial charge in [-0.2, -0.15) is 13.2 Å². The van der Waals surface area contributed by atoms with Crippen molar-refractivity contribution in [2.24, 2.45) is 5.92 Å². The van der Waals surface area contributed by atoms with E-state index in [0.29, 0.717) is 12.0 Å². The summed E-state index contributed by atoms with van der Waals surface area (Å²) >= 11 is 0. The first-order valence-corrected chi connectivity index (χ1v) is 7.09. The van der Waals surface area contributed by atoms with E-state index >= 15 is 0 Å². The molecule has 0 bridgehead atoms. The Morgan fingerprint density at radius 1 is 1.04 bits per heavy atom. The van der Waals surface area contributed by atoms with Gasteiger partial charge in [0.1, 0.15) is 5.82 Å². The molecule has 2 aromatic rings. The number of nitrogens with one attached hydrogen (secondary N) is 1. The van der Waals surface area contributed by atoms with Crippen molar-refractivity contribution < 1.29 is 22.4 Å². The van der Waals surface area contributed by atoms with Crippen molar-refractivity contribution >= 4 is 11.6 Å². The maximum atomic E-state index is 13.5. The van der Waals surface area contributed by atoms with Crippen molar-refractivity contribution in [2.75, 3.05) is 5.32 Å². The number of rotatable bonds is 3. The largest absolute Gasteiger partial charge is 0.416 e. The van der Waals surface area contributed by atoms with Crippen LogP contribution in [-0.2, 0) is 11.0 Å². The molecule has 2 unspecified atom stereocenters. The number of para-hydroxylation sites is 1. The van der Waals surface area contributed by atoms with Crippen LogP contribution in [0.15, 0.2) is 48.5 Å². The second kappa shape index (κ2) is 5.68. The fourth-order valence-corrected chi connectivity index (χ4v) is 2.56. The molecule has 0 aliphatic heterocycles.